The van der Waals surface area contributed by atoms with Gasteiger partial charge >= 0.3 is 0 Å². The fraction of sp³-hybridized carbons (Fsp3) is 1.00. The van der Waals surface area contributed by atoms with Crippen LogP contribution in [-0.4, -0.2) is 31.1 Å². The van der Waals surface area contributed by atoms with Gasteiger partial charge in [-0.05, 0) is 45.2 Å². The summed E-state index contributed by atoms with van der Waals surface area (Å²) in [6.45, 7) is 6.51. The minimum Gasteiger partial charge on any atom is -0.330 e. The molecule has 0 aromatic rings. The van der Waals surface area contributed by atoms with Gasteiger partial charge in [0, 0.05) is 12.6 Å². The first-order chi connectivity index (χ1) is 5.65. The average molecular weight is 170 g/mol. The lowest BCUT2D eigenvalue weighted by Gasteiger charge is -2.26. The van der Waals surface area contributed by atoms with E-state index in [1.807, 2.05) is 0 Å². The first kappa shape index (κ1) is 10.0. The van der Waals surface area contributed by atoms with Gasteiger partial charge in [-0.1, -0.05) is 6.92 Å². The summed E-state index contributed by atoms with van der Waals surface area (Å²) in [7, 11) is 2.22. The van der Waals surface area contributed by atoms with Crippen molar-refractivity contribution in [1.82, 2.24) is 4.90 Å². The van der Waals surface area contributed by atoms with E-state index in [1.165, 1.54) is 12.8 Å². The highest BCUT2D eigenvalue weighted by Crippen LogP contribution is 2.34. The van der Waals surface area contributed by atoms with E-state index in [4.69, 9.17) is 5.73 Å². The van der Waals surface area contributed by atoms with Gasteiger partial charge in [0.25, 0.3) is 0 Å². The molecular formula is C10H22N2. The molecular weight excluding hydrogens is 148 g/mol. The van der Waals surface area contributed by atoms with E-state index in [1.54, 1.807) is 0 Å². The summed E-state index contributed by atoms with van der Waals surface area (Å²) >= 11 is 0. The van der Waals surface area contributed by atoms with E-state index in [-0.39, 0.29) is 0 Å². The summed E-state index contributed by atoms with van der Waals surface area (Å²) < 4.78 is 0. The Hall–Kier alpha value is -0.0800. The van der Waals surface area contributed by atoms with Crippen LogP contribution in [0, 0.1) is 11.8 Å². The lowest BCUT2D eigenvalue weighted by Crippen LogP contribution is -2.36. The molecule has 0 aromatic carbocycles. The van der Waals surface area contributed by atoms with Gasteiger partial charge in [-0.2, -0.15) is 0 Å². The van der Waals surface area contributed by atoms with Gasteiger partial charge in [-0.25, -0.2) is 0 Å². The molecule has 72 valence electrons. The molecule has 0 bridgehead atoms. The lowest BCUT2D eigenvalue weighted by atomic mass is 10.1. The van der Waals surface area contributed by atoms with Crippen molar-refractivity contribution in [2.75, 3.05) is 20.1 Å². The molecule has 0 amide bonds. The van der Waals surface area contributed by atoms with Crippen LogP contribution in [-0.2, 0) is 0 Å². The molecule has 12 heavy (non-hydrogen) atoms. The van der Waals surface area contributed by atoms with Gasteiger partial charge in [-0.3, -0.25) is 0 Å². The molecule has 0 aromatic heterocycles. The number of nitrogens with zero attached hydrogens (tertiary/aromatic N) is 1. The highest BCUT2D eigenvalue weighted by atomic mass is 15.1. The number of nitrogens with two attached hydrogens (primary N) is 1. The van der Waals surface area contributed by atoms with E-state index in [0.29, 0.717) is 5.92 Å². The molecule has 2 N–H and O–H groups in total. The summed E-state index contributed by atoms with van der Waals surface area (Å²) in [6, 6.07) is 0.763. The van der Waals surface area contributed by atoms with E-state index in [9.17, 15) is 0 Å². The van der Waals surface area contributed by atoms with Crippen molar-refractivity contribution in [2.45, 2.75) is 32.7 Å². The van der Waals surface area contributed by atoms with Crippen LogP contribution in [0.15, 0.2) is 0 Å². The first-order valence-electron chi connectivity index (χ1n) is 5.05. The van der Waals surface area contributed by atoms with Crippen molar-refractivity contribution in [3.63, 3.8) is 0 Å². The average Bonchev–Trinajstić information content (AvgIpc) is 2.85. The van der Waals surface area contributed by atoms with Crippen molar-refractivity contribution >= 4 is 0 Å². The van der Waals surface area contributed by atoms with Crippen LogP contribution in [0.5, 0.6) is 0 Å². The van der Waals surface area contributed by atoms with Gasteiger partial charge < -0.3 is 10.6 Å². The van der Waals surface area contributed by atoms with Crippen LogP contribution in [0.3, 0.4) is 0 Å². The minimum absolute atomic E-state index is 0.635. The molecule has 0 saturated heterocycles. The summed E-state index contributed by atoms with van der Waals surface area (Å²) in [5.74, 6) is 1.61. The fourth-order valence-electron chi connectivity index (χ4n) is 1.67. The minimum atomic E-state index is 0.635. The van der Waals surface area contributed by atoms with Crippen LogP contribution in [0.1, 0.15) is 26.7 Å². The summed E-state index contributed by atoms with van der Waals surface area (Å²) in [5.41, 5.74) is 5.59. The Morgan fingerprint density at radius 3 is 2.42 bits per heavy atom. The molecule has 1 aliphatic carbocycles. The van der Waals surface area contributed by atoms with E-state index < -0.39 is 0 Å². The topological polar surface area (TPSA) is 29.3 Å². The smallest absolute Gasteiger partial charge is 0.00922 e. The maximum atomic E-state index is 5.59. The predicted octanol–water partition coefficient (Wildman–Crippen LogP) is 1.31. The third kappa shape index (κ3) is 2.76. The maximum Gasteiger partial charge on any atom is 0.00922 e. The fourth-order valence-corrected chi connectivity index (χ4v) is 1.67. The lowest BCUT2D eigenvalue weighted by molar-refractivity contribution is 0.207. The van der Waals surface area contributed by atoms with Gasteiger partial charge in [0.05, 0.1) is 0 Å². The highest BCUT2D eigenvalue weighted by Gasteiger charge is 2.30. The Bertz CT molecular complexity index is 132. The van der Waals surface area contributed by atoms with Crippen LogP contribution >= 0.6 is 0 Å². The molecule has 2 heteroatoms. The SMILES string of the molecule is CC(CN)CN(C)C(C)C1CC1. The Morgan fingerprint density at radius 2 is 2.00 bits per heavy atom. The zero-order valence-corrected chi connectivity index (χ0v) is 8.59. The number of rotatable bonds is 5. The van der Waals surface area contributed by atoms with E-state index in [0.717, 1.165) is 25.0 Å². The van der Waals surface area contributed by atoms with E-state index >= 15 is 0 Å². The van der Waals surface area contributed by atoms with E-state index in [2.05, 4.69) is 25.8 Å². The van der Waals surface area contributed by atoms with Crippen LogP contribution in [0.2, 0.25) is 0 Å². The third-order valence-corrected chi connectivity index (χ3v) is 3.00. The van der Waals surface area contributed by atoms with Crippen molar-refractivity contribution in [2.24, 2.45) is 17.6 Å². The molecule has 0 aliphatic heterocycles. The summed E-state index contributed by atoms with van der Waals surface area (Å²) in [6.07, 6.45) is 2.87. The second kappa shape index (κ2) is 4.24. The van der Waals surface area contributed by atoms with Crippen molar-refractivity contribution in [1.29, 1.82) is 0 Å². The molecule has 2 atom stereocenters. The quantitative estimate of drug-likeness (QED) is 0.674. The summed E-state index contributed by atoms with van der Waals surface area (Å²) in [4.78, 5) is 2.45. The third-order valence-electron chi connectivity index (χ3n) is 3.00. The largest absolute Gasteiger partial charge is 0.330 e. The number of hydrogen-bond donors (Lipinski definition) is 1. The van der Waals surface area contributed by atoms with Gasteiger partial charge in [0.1, 0.15) is 0 Å². The molecule has 2 nitrogen and oxygen atoms in total. The molecule has 1 saturated carbocycles. The Kier molecular flexibility index (Phi) is 3.53. The monoisotopic (exact) mass is 170 g/mol. The second-order valence-electron chi connectivity index (χ2n) is 4.36. The van der Waals surface area contributed by atoms with Crippen molar-refractivity contribution in [3.8, 4) is 0 Å². The number of hydrogen-bond acceptors (Lipinski definition) is 2. The van der Waals surface area contributed by atoms with Crippen LogP contribution < -0.4 is 5.73 Å². The summed E-state index contributed by atoms with van der Waals surface area (Å²) in [5, 5.41) is 0. The molecule has 0 spiro atoms. The van der Waals surface area contributed by atoms with Gasteiger partial charge in [0.2, 0.25) is 0 Å². The molecule has 0 heterocycles. The first-order valence-corrected chi connectivity index (χ1v) is 5.05. The van der Waals surface area contributed by atoms with Gasteiger partial charge in [0.15, 0.2) is 0 Å². The zero-order valence-electron chi connectivity index (χ0n) is 8.59. The maximum absolute atomic E-state index is 5.59. The standard InChI is InChI=1S/C10H22N2/c1-8(6-11)7-12(3)9(2)10-4-5-10/h8-10H,4-7,11H2,1-3H3. The molecule has 0 radical (unpaired) electrons. The predicted molar refractivity (Wildman–Crippen MR) is 53.0 cm³/mol. The molecule has 1 fully saturated rings. The Morgan fingerprint density at radius 1 is 1.42 bits per heavy atom. The normalized spacial score (nSPS) is 22.8. The van der Waals surface area contributed by atoms with Gasteiger partial charge in [-0.15, -0.1) is 0 Å². The highest BCUT2D eigenvalue weighted by molar-refractivity contribution is 4.84. The molecule has 1 rings (SSSR count). The molecule has 2 unspecified atom stereocenters. The Balaban J connectivity index is 2.21. The van der Waals surface area contributed by atoms with Crippen molar-refractivity contribution < 1.29 is 0 Å². The van der Waals surface area contributed by atoms with Crippen molar-refractivity contribution in [3.05, 3.63) is 0 Å². The molecule has 1 aliphatic rings. The van der Waals surface area contributed by atoms with Crippen LogP contribution in [0.4, 0.5) is 0 Å². The second-order valence-corrected chi connectivity index (χ2v) is 4.36. The Labute approximate surface area is 76.1 Å². The van der Waals surface area contributed by atoms with Crippen LogP contribution in [0.25, 0.3) is 0 Å². The zero-order chi connectivity index (χ0) is 9.14.